The van der Waals surface area contributed by atoms with Crippen molar-refractivity contribution < 1.29 is 18.7 Å². The molecule has 0 N–H and O–H groups in total. The van der Waals surface area contributed by atoms with Crippen molar-refractivity contribution in [3.63, 3.8) is 0 Å². The van der Waals surface area contributed by atoms with Crippen molar-refractivity contribution in [2.75, 3.05) is 20.2 Å². The quantitative estimate of drug-likeness (QED) is 0.734. The zero-order valence-corrected chi connectivity index (χ0v) is 10.6. The minimum absolute atomic E-state index is 0.136. The van der Waals surface area contributed by atoms with Crippen molar-refractivity contribution in [1.82, 2.24) is 4.90 Å². The average molecular weight is 265 g/mol. The van der Waals surface area contributed by atoms with Crippen LogP contribution in [0, 0.1) is 5.92 Å². The van der Waals surface area contributed by atoms with Crippen LogP contribution in [0.1, 0.15) is 23.2 Å². The molecular weight excluding hydrogens is 250 g/mol. The van der Waals surface area contributed by atoms with E-state index in [1.807, 2.05) is 0 Å². The van der Waals surface area contributed by atoms with E-state index >= 15 is 0 Å². The van der Waals surface area contributed by atoms with Crippen LogP contribution in [0.3, 0.4) is 0 Å². The molecule has 0 aromatic carbocycles. The van der Waals surface area contributed by atoms with Gasteiger partial charge in [0.2, 0.25) is 0 Å². The van der Waals surface area contributed by atoms with E-state index in [0.717, 1.165) is 6.26 Å². The number of hydrogen-bond acceptors (Lipinski definition) is 5. The van der Waals surface area contributed by atoms with Gasteiger partial charge in [-0.2, -0.15) is 0 Å². The molecule has 1 aromatic heterocycles. The topological polar surface area (TPSA) is 76.8 Å². The highest BCUT2D eigenvalue weighted by Gasteiger charge is 2.28. The van der Waals surface area contributed by atoms with Crippen LogP contribution in [0.5, 0.6) is 0 Å². The Morgan fingerprint density at radius 3 is 2.53 bits per heavy atom. The highest BCUT2D eigenvalue weighted by molar-refractivity contribution is 5.93. The fraction of sp³-hybridized carbons (Fsp3) is 0.462. The van der Waals surface area contributed by atoms with E-state index in [9.17, 15) is 14.4 Å². The van der Waals surface area contributed by atoms with Crippen LogP contribution >= 0.6 is 0 Å². The number of esters is 1. The third kappa shape index (κ3) is 3.01. The zero-order chi connectivity index (χ0) is 13.8. The molecule has 0 atom stereocenters. The van der Waals surface area contributed by atoms with Gasteiger partial charge in [0.1, 0.15) is 6.26 Å². The summed E-state index contributed by atoms with van der Waals surface area (Å²) in [6, 6.07) is 2.66. The molecule has 1 aliphatic heterocycles. The first-order valence-corrected chi connectivity index (χ1v) is 6.08. The monoisotopic (exact) mass is 265 g/mol. The summed E-state index contributed by atoms with van der Waals surface area (Å²) >= 11 is 0. The summed E-state index contributed by atoms with van der Waals surface area (Å²) in [4.78, 5) is 36.0. The highest BCUT2D eigenvalue weighted by Crippen LogP contribution is 2.19. The summed E-state index contributed by atoms with van der Waals surface area (Å²) in [6.45, 7) is 0.995. The number of rotatable bonds is 2. The number of piperidine rings is 1. The smallest absolute Gasteiger partial charge is 0.335 e. The van der Waals surface area contributed by atoms with Crippen LogP contribution in [0.25, 0.3) is 0 Å². The SMILES string of the molecule is COC(=O)C1CCN(C(=O)c2ccc(=O)oc2)CC1. The molecule has 6 nitrogen and oxygen atoms in total. The van der Waals surface area contributed by atoms with Gasteiger partial charge in [0, 0.05) is 19.2 Å². The minimum atomic E-state index is -0.485. The number of carbonyl (C=O) groups excluding carboxylic acids is 2. The first-order chi connectivity index (χ1) is 9.11. The van der Waals surface area contributed by atoms with Gasteiger partial charge >= 0.3 is 11.6 Å². The van der Waals surface area contributed by atoms with Gasteiger partial charge < -0.3 is 14.1 Å². The molecule has 2 heterocycles. The molecule has 0 saturated carbocycles. The summed E-state index contributed by atoms with van der Waals surface area (Å²) in [5, 5.41) is 0. The molecule has 2 rings (SSSR count). The Morgan fingerprint density at radius 2 is 2.00 bits per heavy atom. The first-order valence-electron chi connectivity index (χ1n) is 6.08. The van der Waals surface area contributed by atoms with Crippen molar-refractivity contribution in [2.24, 2.45) is 5.92 Å². The Balaban J connectivity index is 1.98. The average Bonchev–Trinajstić information content (AvgIpc) is 2.46. The predicted molar refractivity (Wildman–Crippen MR) is 65.6 cm³/mol. The molecule has 1 fully saturated rings. The molecule has 0 bridgehead atoms. The van der Waals surface area contributed by atoms with E-state index in [1.165, 1.54) is 19.2 Å². The van der Waals surface area contributed by atoms with Crippen molar-refractivity contribution in [3.8, 4) is 0 Å². The third-order valence-corrected chi connectivity index (χ3v) is 3.26. The van der Waals surface area contributed by atoms with Gasteiger partial charge in [-0.1, -0.05) is 0 Å². The lowest BCUT2D eigenvalue weighted by molar-refractivity contribution is -0.146. The molecular formula is C13H15NO5. The summed E-state index contributed by atoms with van der Waals surface area (Å²) in [5.74, 6) is -0.548. The molecule has 1 aliphatic rings. The lowest BCUT2D eigenvalue weighted by Gasteiger charge is -2.30. The van der Waals surface area contributed by atoms with E-state index in [-0.39, 0.29) is 17.8 Å². The fourth-order valence-corrected chi connectivity index (χ4v) is 2.15. The summed E-state index contributed by atoms with van der Waals surface area (Å²) in [7, 11) is 1.37. The van der Waals surface area contributed by atoms with E-state index in [0.29, 0.717) is 31.5 Å². The van der Waals surface area contributed by atoms with Gasteiger partial charge in [-0.15, -0.1) is 0 Å². The van der Waals surface area contributed by atoms with Crippen LogP contribution in [-0.4, -0.2) is 37.0 Å². The third-order valence-electron chi connectivity index (χ3n) is 3.26. The number of hydrogen-bond donors (Lipinski definition) is 0. The minimum Gasteiger partial charge on any atom is -0.469 e. The van der Waals surface area contributed by atoms with Crippen LogP contribution in [0.4, 0.5) is 0 Å². The standard InChI is InChI=1S/C13H15NO5/c1-18-13(17)9-4-6-14(7-5-9)12(16)10-2-3-11(15)19-8-10/h2-3,8-9H,4-7H2,1H3. The number of carbonyl (C=O) groups is 2. The Morgan fingerprint density at radius 1 is 1.32 bits per heavy atom. The van der Waals surface area contributed by atoms with Gasteiger partial charge in [0.05, 0.1) is 18.6 Å². The van der Waals surface area contributed by atoms with Crippen LogP contribution < -0.4 is 5.63 Å². The number of amides is 1. The maximum absolute atomic E-state index is 12.1. The maximum atomic E-state index is 12.1. The molecule has 1 saturated heterocycles. The number of ether oxygens (including phenoxy) is 1. The normalized spacial score (nSPS) is 16.2. The van der Waals surface area contributed by atoms with Gasteiger partial charge in [0.15, 0.2) is 0 Å². The largest absolute Gasteiger partial charge is 0.469 e. The second-order valence-electron chi connectivity index (χ2n) is 4.43. The van der Waals surface area contributed by atoms with Crippen molar-refractivity contribution >= 4 is 11.9 Å². The Kier molecular flexibility index (Phi) is 3.99. The zero-order valence-electron chi connectivity index (χ0n) is 10.6. The molecule has 0 aliphatic carbocycles. The molecule has 0 radical (unpaired) electrons. The van der Waals surface area contributed by atoms with Crippen molar-refractivity contribution in [3.05, 3.63) is 34.4 Å². The highest BCUT2D eigenvalue weighted by atomic mass is 16.5. The van der Waals surface area contributed by atoms with Crippen molar-refractivity contribution in [2.45, 2.75) is 12.8 Å². The van der Waals surface area contributed by atoms with Gasteiger partial charge in [0.25, 0.3) is 5.91 Å². The van der Waals surface area contributed by atoms with Gasteiger partial charge in [-0.3, -0.25) is 9.59 Å². The summed E-state index contributed by atoms with van der Waals surface area (Å²) in [6.07, 6.45) is 2.35. The number of nitrogens with zero attached hydrogens (tertiary/aromatic N) is 1. The lowest BCUT2D eigenvalue weighted by Crippen LogP contribution is -2.40. The van der Waals surface area contributed by atoms with E-state index in [2.05, 4.69) is 4.42 Å². The molecule has 1 amide bonds. The Labute approximate surface area is 110 Å². The Bertz CT molecular complexity index is 508. The predicted octanol–water partition coefficient (Wildman–Crippen LogP) is 0.665. The summed E-state index contributed by atoms with van der Waals surface area (Å²) < 4.78 is 9.36. The molecule has 19 heavy (non-hydrogen) atoms. The number of methoxy groups -OCH3 is 1. The Hall–Kier alpha value is -2.11. The molecule has 102 valence electrons. The van der Waals surface area contributed by atoms with Gasteiger partial charge in [-0.05, 0) is 18.9 Å². The van der Waals surface area contributed by atoms with Gasteiger partial charge in [-0.25, -0.2) is 4.79 Å². The first kappa shape index (κ1) is 13.3. The molecule has 6 heteroatoms. The second-order valence-corrected chi connectivity index (χ2v) is 4.43. The molecule has 1 aromatic rings. The second kappa shape index (κ2) is 5.69. The van der Waals surface area contributed by atoms with Crippen LogP contribution in [0.2, 0.25) is 0 Å². The van der Waals surface area contributed by atoms with Crippen molar-refractivity contribution in [1.29, 1.82) is 0 Å². The van der Waals surface area contributed by atoms with Crippen LogP contribution in [0.15, 0.2) is 27.6 Å². The van der Waals surface area contributed by atoms with E-state index in [1.54, 1.807) is 4.90 Å². The van der Waals surface area contributed by atoms with E-state index in [4.69, 9.17) is 4.74 Å². The molecule has 0 spiro atoms. The van der Waals surface area contributed by atoms with Crippen LogP contribution in [-0.2, 0) is 9.53 Å². The van der Waals surface area contributed by atoms with E-state index < -0.39 is 5.63 Å². The summed E-state index contributed by atoms with van der Waals surface area (Å²) in [5.41, 5.74) is -0.142. The lowest BCUT2D eigenvalue weighted by atomic mass is 9.96. The maximum Gasteiger partial charge on any atom is 0.335 e. The molecule has 0 unspecified atom stereocenters. The fourth-order valence-electron chi connectivity index (χ4n) is 2.15. The number of likely N-dealkylation sites (tertiary alicyclic amines) is 1.